The minimum Gasteiger partial charge on any atom is -0.406 e. The van der Waals surface area contributed by atoms with Crippen molar-refractivity contribution in [1.29, 1.82) is 0 Å². The fourth-order valence-electron chi connectivity index (χ4n) is 5.70. The first-order valence-electron chi connectivity index (χ1n) is 8.72. The molecule has 0 amide bonds. The molecule has 4 fully saturated rings. The summed E-state index contributed by atoms with van der Waals surface area (Å²) in [5.74, 6) is 1.66. The molecule has 4 atom stereocenters. The van der Waals surface area contributed by atoms with Crippen molar-refractivity contribution in [2.75, 3.05) is 0 Å². The molecule has 0 aromatic carbocycles. The molecule has 5 heteroatoms. The van der Waals surface area contributed by atoms with Crippen LogP contribution in [0.1, 0.15) is 48.3 Å². The third-order valence-electron chi connectivity index (χ3n) is 6.10. The van der Waals surface area contributed by atoms with Crippen molar-refractivity contribution < 1.29 is 9.53 Å². The summed E-state index contributed by atoms with van der Waals surface area (Å²) in [7, 11) is 0. The quantitative estimate of drug-likeness (QED) is 0.425. The third-order valence-corrected chi connectivity index (χ3v) is 7.49. The molecule has 2 heterocycles. The fraction of sp³-hybridized carbons (Fsp3) is 0.579. The molecule has 4 bridgehead atoms. The molecule has 126 valence electrons. The van der Waals surface area contributed by atoms with Gasteiger partial charge in [0, 0.05) is 20.0 Å². The number of cyclic esters (lactones) is 1. The predicted molar refractivity (Wildman–Crippen MR) is 96.3 cm³/mol. The van der Waals surface area contributed by atoms with Crippen molar-refractivity contribution in [3.63, 3.8) is 0 Å². The van der Waals surface area contributed by atoms with Crippen molar-refractivity contribution in [2.45, 2.75) is 50.3 Å². The second-order valence-electron chi connectivity index (χ2n) is 8.18. The van der Waals surface area contributed by atoms with Crippen LogP contribution in [0.3, 0.4) is 0 Å². The Morgan fingerprint density at radius 2 is 2.04 bits per heavy atom. The summed E-state index contributed by atoms with van der Waals surface area (Å²) in [5.41, 5.74) is 0.328. The first kappa shape index (κ1) is 15.2. The summed E-state index contributed by atoms with van der Waals surface area (Å²) < 4.78 is 5.67. The van der Waals surface area contributed by atoms with Crippen LogP contribution in [0.2, 0.25) is 0 Å². The van der Waals surface area contributed by atoms with Gasteiger partial charge in [-0.1, -0.05) is 0 Å². The average Bonchev–Trinajstić information content (AvgIpc) is 3.04. The van der Waals surface area contributed by atoms with E-state index in [2.05, 4.69) is 18.0 Å². The highest BCUT2D eigenvalue weighted by atomic mass is 35.5. The largest absolute Gasteiger partial charge is 0.406 e. The number of hydrogen-bond donors (Lipinski definition) is 0. The Morgan fingerprint density at radius 1 is 1.29 bits per heavy atom. The number of aliphatic imine (C=N–C) groups is 1. The minimum absolute atomic E-state index is 0.101. The van der Waals surface area contributed by atoms with Gasteiger partial charge in [-0.3, -0.25) is 0 Å². The van der Waals surface area contributed by atoms with E-state index in [1.54, 1.807) is 11.3 Å². The zero-order chi connectivity index (χ0) is 16.5. The number of ether oxygens (including phenoxy) is 1. The summed E-state index contributed by atoms with van der Waals surface area (Å²) in [6, 6.07) is 4.07. The number of halogens is 1. The van der Waals surface area contributed by atoms with E-state index in [0.29, 0.717) is 23.4 Å². The maximum atomic E-state index is 12.3. The van der Waals surface area contributed by atoms with E-state index in [1.807, 2.05) is 12.1 Å². The van der Waals surface area contributed by atoms with Gasteiger partial charge in [0.05, 0.1) is 0 Å². The number of hydrogen-bond acceptors (Lipinski definition) is 4. The van der Waals surface area contributed by atoms with Crippen molar-refractivity contribution in [3.8, 4) is 0 Å². The molecule has 0 spiro atoms. The van der Waals surface area contributed by atoms with Gasteiger partial charge in [0.1, 0.15) is 0 Å². The Labute approximate surface area is 150 Å². The Balaban J connectivity index is 1.50. The van der Waals surface area contributed by atoms with Crippen LogP contribution in [0.5, 0.6) is 0 Å². The monoisotopic (exact) mass is 361 g/mol. The van der Waals surface area contributed by atoms with Gasteiger partial charge in [0.2, 0.25) is 5.90 Å². The maximum Gasteiger partial charge on any atom is 0.363 e. The lowest BCUT2D eigenvalue weighted by atomic mass is 9.49. The van der Waals surface area contributed by atoms with Crippen molar-refractivity contribution >= 4 is 40.9 Å². The molecule has 0 saturated heterocycles. The Bertz CT molecular complexity index is 779. The molecule has 24 heavy (non-hydrogen) atoms. The van der Waals surface area contributed by atoms with Gasteiger partial charge in [-0.25, -0.2) is 9.79 Å². The molecule has 3 nitrogen and oxygen atoms in total. The molecule has 6 rings (SSSR count). The highest BCUT2D eigenvalue weighted by Crippen LogP contribution is 2.64. The van der Waals surface area contributed by atoms with Crippen LogP contribution in [-0.4, -0.2) is 16.7 Å². The van der Waals surface area contributed by atoms with Gasteiger partial charge in [-0.05, 0) is 75.5 Å². The molecule has 5 aliphatic rings. The second kappa shape index (κ2) is 4.95. The van der Waals surface area contributed by atoms with Gasteiger partial charge in [-0.15, -0.1) is 22.9 Å². The maximum absolute atomic E-state index is 12.3. The topological polar surface area (TPSA) is 38.7 Å². The summed E-state index contributed by atoms with van der Waals surface area (Å²) >= 11 is 8.56. The number of esters is 1. The standard InChI is InChI=1S/C19H20ClNO2S/c1-11-2-3-14(24-11)5-15-16(22)23-17(21-15)18-6-12-4-13(7-18)9-19(20,8-12)10-18/h2-3,5,12-13H,4,6-10H2,1H3/b15-5-/t12-,13+,18?,19?. The van der Waals surface area contributed by atoms with E-state index in [-0.39, 0.29) is 16.3 Å². The van der Waals surface area contributed by atoms with E-state index in [4.69, 9.17) is 16.3 Å². The molecule has 0 radical (unpaired) electrons. The van der Waals surface area contributed by atoms with Gasteiger partial charge in [-0.2, -0.15) is 0 Å². The van der Waals surface area contributed by atoms with Crippen LogP contribution in [0, 0.1) is 24.2 Å². The number of rotatable bonds is 2. The van der Waals surface area contributed by atoms with Crippen molar-refractivity contribution in [1.82, 2.24) is 0 Å². The van der Waals surface area contributed by atoms with Crippen molar-refractivity contribution in [2.24, 2.45) is 22.2 Å². The Hall–Kier alpha value is -1.13. The number of alkyl halides is 1. The summed E-state index contributed by atoms with van der Waals surface area (Å²) in [6.45, 7) is 2.06. The van der Waals surface area contributed by atoms with Gasteiger partial charge in [0.15, 0.2) is 5.70 Å². The second-order valence-corrected chi connectivity index (χ2v) is 10.3. The van der Waals surface area contributed by atoms with Crippen molar-refractivity contribution in [3.05, 3.63) is 27.6 Å². The molecule has 1 aromatic rings. The first-order chi connectivity index (χ1) is 11.4. The van der Waals surface area contributed by atoms with Gasteiger partial charge >= 0.3 is 5.97 Å². The average molecular weight is 362 g/mol. The number of thiophene rings is 1. The van der Waals surface area contributed by atoms with E-state index in [1.165, 1.54) is 11.3 Å². The molecule has 2 unspecified atom stereocenters. The zero-order valence-corrected chi connectivity index (χ0v) is 15.3. The van der Waals surface area contributed by atoms with E-state index < -0.39 is 0 Å². The summed E-state index contributed by atoms with van der Waals surface area (Å²) in [5, 5.41) is 0. The van der Waals surface area contributed by atoms with E-state index >= 15 is 0 Å². The molecule has 1 aliphatic heterocycles. The third kappa shape index (κ3) is 2.30. The highest BCUT2D eigenvalue weighted by Gasteiger charge is 2.60. The molecule has 0 N–H and O–H groups in total. The smallest absolute Gasteiger partial charge is 0.363 e. The predicted octanol–water partition coefficient (Wildman–Crippen LogP) is 4.93. The normalized spacial score (nSPS) is 41.8. The molecule has 4 aliphatic carbocycles. The van der Waals surface area contributed by atoms with Crippen LogP contribution in [0.15, 0.2) is 22.8 Å². The van der Waals surface area contributed by atoms with Crippen LogP contribution in [0.25, 0.3) is 6.08 Å². The van der Waals surface area contributed by atoms with E-state index in [0.717, 1.165) is 37.0 Å². The van der Waals surface area contributed by atoms with Crippen LogP contribution in [-0.2, 0) is 9.53 Å². The summed E-state index contributed by atoms with van der Waals surface area (Å²) in [6.07, 6.45) is 8.44. The zero-order valence-electron chi connectivity index (χ0n) is 13.7. The van der Waals surface area contributed by atoms with Gasteiger partial charge < -0.3 is 4.74 Å². The fourth-order valence-corrected chi connectivity index (χ4v) is 7.21. The lowest BCUT2D eigenvalue weighted by molar-refractivity contribution is -0.131. The minimum atomic E-state index is -0.310. The van der Waals surface area contributed by atoms with Gasteiger partial charge in [0.25, 0.3) is 0 Å². The lowest BCUT2D eigenvalue weighted by Gasteiger charge is -2.59. The van der Waals surface area contributed by atoms with E-state index in [9.17, 15) is 4.79 Å². The van der Waals surface area contributed by atoms with Crippen LogP contribution >= 0.6 is 22.9 Å². The highest BCUT2D eigenvalue weighted by molar-refractivity contribution is 7.12. The summed E-state index contributed by atoms with van der Waals surface area (Å²) in [4.78, 5) is 19.2. The van der Waals surface area contributed by atoms with Crippen LogP contribution < -0.4 is 0 Å². The molecule has 1 aromatic heterocycles. The first-order valence-corrected chi connectivity index (χ1v) is 9.91. The van der Waals surface area contributed by atoms with Crippen LogP contribution in [0.4, 0.5) is 0 Å². The number of nitrogens with zero attached hydrogens (tertiary/aromatic N) is 1. The SMILES string of the molecule is Cc1ccc(/C=C2\N=C(C34C[C@@H]5C[C@@H](CC(Cl)(C5)C3)C4)OC2=O)s1. The Kier molecular flexibility index (Phi) is 3.12. The molecular formula is C19H20ClNO2S. The number of carbonyl (C=O) groups excluding carboxylic acids is 1. The number of carbonyl (C=O) groups is 1. The molecule has 4 saturated carbocycles. The Morgan fingerprint density at radius 3 is 2.67 bits per heavy atom. The lowest BCUT2D eigenvalue weighted by Crippen LogP contribution is -2.56. The number of aryl methyl sites for hydroxylation is 1. The molecular weight excluding hydrogens is 342 g/mol.